The number of unbranched alkanes of at least 4 members (excludes halogenated alkanes) is 1. The van der Waals surface area contributed by atoms with E-state index in [1.54, 1.807) is 0 Å². The Morgan fingerprint density at radius 3 is 2.94 bits per heavy atom. The molecule has 3 N–H and O–H groups in total. The predicted octanol–water partition coefficient (Wildman–Crippen LogP) is 1.82. The smallest absolute Gasteiger partial charge is 0.320 e. The van der Waals surface area contributed by atoms with Crippen molar-refractivity contribution in [2.45, 2.75) is 32.2 Å². The molecule has 0 aromatic heterocycles. The Morgan fingerprint density at radius 2 is 2.29 bits per heavy atom. The third kappa shape index (κ3) is 4.87. The summed E-state index contributed by atoms with van der Waals surface area (Å²) < 4.78 is 5.54. The second kappa shape index (κ2) is 6.91. The van der Waals surface area contributed by atoms with Gasteiger partial charge in [-0.15, -0.1) is 0 Å². The molecule has 0 amide bonds. The number of carboxylic acid groups (broad SMARTS) is 1. The molecule has 0 fully saturated rings. The van der Waals surface area contributed by atoms with Crippen molar-refractivity contribution in [3.8, 4) is 5.75 Å². The average molecular weight is 237 g/mol. The van der Waals surface area contributed by atoms with Gasteiger partial charge in [-0.3, -0.25) is 4.79 Å². The summed E-state index contributed by atoms with van der Waals surface area (Å²) in [5, 5.41) is 8.73. The number of aliphatic carboxylic acids is 1. The molecule has 4 nitrogen and oxygen atoms in total. The van der Waals surface area contributed by atoms with E-state index in [9.17, 15) is 4.79 Å². The largest absolute Gasteiger partial charge is 0.494 e. The maximum absolute atomic E-state index is 10.6. The number of hydrogen-bond donors (Lipinski definition) is 2. The van der Waals surface area contributed by atoms with Crippen LogP contribution < -0.4 is 10.5 Å². The van der Waals surface area contributed by atoms with E-state index in [4.69, 9.17) is 15.6 Å². The van der Waals surface area contributed by atoms with Crippen molar-refractivity contribution in [3.63, 3.8) is 0 Å². The third-order valence-electron chi connectivity index (χ3n) is 2.44. The molecule has 0 heterocycles. The minimum atomic E-state index is -0.984. The van der Waals surface area contributed by atoms with E-state index < -0.39 is 12.0 Å². The average Bonchev–Trinajstić information content (AvgIpc) is 2.30. The SMILES string of the molecule is CCCCOc1cccc(CC(N)C(=O)O)c1. The van der Waals surface area contributed by atoms with Gasteiger partial charge in [0, 0.05) is 0 Å². The van der Waals surface area contributed by atoms with Gasteiger partial charge in [0.25, 0.3) is 0 Å². The highest BCUT2D eigenvalue weighted by Gasteiger charge is 2.12. The van der Waals surface area contributed by atoms with Crippen molar-refractivity contribution >= 4 is 5.97 Å². The second-order valence-electron chi connectivity index (χ2n) is 4.00. The van der Waals surface area contributed by atoms with Crippen molar-refractivity contribution in [1.29, 1.82) is 0 Å². The van der Waals surface area contributed by atoms with Crippen LogP contribution in [0.3, 0.4) is 0 Å². The van der Waals surface area contributed by atoms with Gasteiger partial charge in [-0.05, 0) is 30.5 Å². The fourth-order valence-electron chi connectivity index (χ4n) is 1.44. The lowest BCUT2D eigenvalue weighted by atomic mass is 10.1. The molecule has 0 radical (unpaired) electrons. The van der Waals surface area contributed by atoms with Gasteiger partial charge < -0.3 is 15.6 Å². The van der Waals surface area contributed by atoms with E-state index in [0.29, 0.717) is 13.0 Å². The van der Waals surface area contributed by atoms with Gasteiger partial charge in [0.2, 0.25) is 0 Å². The van der Waals surface area contributed by atoms with Crippen LogP contribution in [0.25, 0.3) is 0 Å². The molecule has 0 aliphatic rings. The molecular weight excluding hydrogens is 218 g/mol. The van der Waals surface area contributed by atoms with Crippen molar-refractivity contribution in [2.75, 3.05) is 6.61 Å². The van der Waals surface area contributed by atoms with Crippen molar-refractivity contribution in [1.82, 2.24) is 0 Å². The van der Waals surface area contributed by atoms with Crippen LogP contribution in [0.15, 0.2) is 24.3 Å². The van der Waals surface area contributed by atoms with Crippen LogP contribution in [-0.4, -0.2) is 23.7 Å². The van der Waals surface area contributed by atoms with Gasteiger partial charge in [-0.1, -0.05) is 25.5 Å². The molecule has 0 spiro atoms. The summed E-state index contributed by atoms with van der Waals surface area (Å²) in [5.41, 5.74) is 6.36. The summed E-state index contributed by atoms with van der Waals surface area (Å²) in [6, 6.07) is 6.56. The van der Waals surface area contributed by atoms with E-state index in [0.717, 1.165) is 24.2 Å². The van der Waals surface area contributed by atoms with Crippen LogP contribution in [0.4, 0.5) is 0 Å². The summed E-state index contributed by atoms with van der Waals surface area (Å²) in [6.45, 7) is 2.79. The molecule has 1 rings (SSSR count). The minimum Gasteiger partial charge on any atom is -0.494 e. The standard InChI is InChI=1S/C13H19NO3/c1-2-3-7-17-11-6-4-5-10(8-11)9-12(14)13(15)16/h4-6,8,12H,2-3,7,9,14H2,1H3,(H,15,16). The van der Waals surface area contributed by atoms with Gasteiger partial charge in [0.15, 0.2) is 0 Å². The molecule has 4 heteroatoms. The molecule has 94 valence electrons. The fourth-order valence-corrected chi connectivity index (χ4v) is 1.44. The van der Waals surface area contributed by atoms with Crippen LogP contribution >= 0.6 is 0 Å². The Kier molecular flexibility index (Phi) is 5.49. The summed E-state index contributed by atoms with van der Waals surface area (Å²) in [6.07, 6.45) is 2.42. The predicted molar refractivity (Wildman–Crippen MR) is 66.2 cm³/mol. The fraction of sp³-hybridized carbons (Fsp3) is 0.462. The molecule has 0 bridgehead atoms. The van der Waals surface area contributed by atoms with Gasteiger partial charge in [-0.25, -0.2) is 0 Å². The lowest BCUT2D eigenvalue weighted by molar-refractivity contribution is -0.138. The number of nitrogens with two attached hydrogens (primary N) is 1. The maximum Gasteiger partial charge on any atom is 0.320 e. The topological polar surface area (TPSA) is 72.5 Å². The first-order valence-corrected chi connectivity index (χ1v) is 5.83. The Bertz CT molecular complexity index is 365. The van der Waals surface area contributed by atoms with Gasteiger partial charge >= 0.3 is 5.97 Å². The van der Waals surface area contributed by atoms with E-state index in [2.05, 4.69) is 6.92 Å². The molecule has 1 atom stereocenters. The van der Waals surface area contributed by atoms with E-state index in [-0.39, 0.29) is 0 Å². The number of carbonyl (C=O) groups is 1. The van der Waals surface area contributed by atoms with E-state index in [1.807, 2.05) is 24.3 Å². The zero-order chi connectivity index (χ0) is 12.7. The lowest BCUT2D eigenvalue weighted by Crippen LogP contribution is -2.32. The Hall–Kier alpha value is -1.55. The maximum atomic E-state index is 10.6. The van der Waals surface area contributed by atoms with E-state index in [1.165, 1.54) is 0 Å². The quantitative estimate of drug-likeness (QED) is 0.709. The Morgan fingerprint density at radius 1 is 1.53 bits per heavy atom. The zero-order valence-electron chi connectivity index (χ0n) is 10.1. The van der Waals surface area contributed by atoms with E-state index >= 15 is 0 Å². The molecule has 1 aromatic carbocycles. The number of hydrogen-bond acceptors (Lipinski definition) is 3. The number of benzene rings is 1. The zero-order valence-corrected chi connectivity index (χ0v) is 10.1. The van der Waals surface area contributed by atoms with Crippen LogP contribution in [0.1, 0.15) is 25.3 Å². The van der Waals surface area contributed by atoms with Gasteiger partial charge in [-0.2, -0.15) is 0 Å². The van der Waals surface area contributed by atoms with Crippen LogP contribution in [-0.2, 0) is 11.2 Å². The molecule has 1 unspecified atom stereocenters. The van der Waals surface area contributed by atoms with Crippen LogP contribution in [0.5, 0.6) is 5.75 Å². The van der Waals surface area contributed by atoms with Crippen molar-refractivity contribution in [3.05, 3.63) is 29.8 Å². The third-order valence-corrected chi connectivity index (χ3v) is 2.44. The number of ether oxygens (including phenoxy) is 1. The first-order chi connectivity index (χ1) is 8.13. The molecule has 17 heavy (non-hydrogen) atoms. The highest BCUT2D eigenvalue weighted by atomic mass is 16.5. The molecular formula is C13H19NO3. The normalized spacial score (nSPS) is 12.1. The van der Waals surface area contributed by atoms with Crippen molar-refractivity contribution in [2.24, 2.45) is 5.73 Å². The van der Waals surface area contributed by atoms with Gasteiger partial charge in [0.1, 0.15) is 11.8 Å². The molecule has 0 saturated heterocycles. The molecule has 0 saturated carbocycles. The highest BCUT2D eigenvalue weighted by Crippen LogP contribution is 2.15. The summed E-state index contributed by atoms with van der Waals surface area (Å²) >= 11 is 0. The lowest BCUT2D eigenvalue weighted by Gasteiger charge is -2.09. The molecule has 1 aromatic rings. The van der Waals surface area contributed by atoms with Crippen LogP contribution in [0, 0.1) is 0 Å². The van der Waals surface area contributed by atoms with Crippen molar-refractivity contribution < 1.29 is 14.6 Å². The monoisotopic (exact) mass is 237 g/mol. The van der Waals surface area contributed by atoms with Gasteiger partial charge in [0.05, 0.1) is 6.61 Å². The second-order valence-corrected chi connectivity index (χ2v) is 4.00. The Balaban J connectivity index is 2.56. The summed E-state index contributed by atoms with van der Waals surface area (Å²) in [7, 11) is 0. The number of rotatable bonds is 7. The minimum absolute atomic E-state index is 0.320. The summed E-state index contributed by atoms with van der Waals surface area (Å²) in [4.78, 5) is 10.6. The summed E-state index contributed by atoms with van der Waals surface area (Å²) in [5.74, 6) is -0.212. The highest BCUT2D eigenvalue weighted by molar-refractivity contribution is 5.73. The Labute approximate surface area is 101 Å². The van der Waals surface area contributed by atoms with Crippen LogP contribution in [0.2, 0.25) is 0 Å². The first kappa shape index (κ1) is 13.5. The first-order valence-electron chi connectivity index (χ1n) is 5.83. The number of carboxylic acids is 1. The molecule has 0 aliphatic carbocycles. The molecule has 0 aliphatic heterocycles.